The molecule has 6 heteroatoms. The number of anilines is 1. The van der Waals surface area contributed by atoms with Crippen LogP contribution in [0.15, 0.2) is 28.2 Å². The molecular weight excluding hydrogens is 324 g/mol. The molecule has 19 heavy (non-hydrogen) atoms. The summed E-state index contributed by atoms with van der Waals surface area (Å²) < 4.78 is 1.11. The Kier molecular flexibility index (Phi) is 3.81. The summed E-state index contributed by atoms with van der Waals surface area (Å²) in [5, 5.41) is 0. The molecule has 1 unspecified atom stereocenters. The molecule has 0 saturated carbocycles. The van der Waals surface area contributed by atoms with E-state index < -0.39 is 0 Å². The minimum atomic E-state index is 0.380. The molecule has 1 aliphatic heterocycles. The third kappa shape index (κ3) is 2.66. The Bertz CT molecular complexity index is 571. The summed E-state index contributed by atoms with van der Waals surface area (Å²) in [4.78, 5) is 12.5. The van der Waals surface area contributed by atoms with Gasteiger partial charge in [0, 0.05) is 25.3 Å². The first-order valence-corrected chi connectivity index (χ1v) is 7.94. The summed E-state index contributed by atoms with van der Waals surface area (Å²) in [6.45, 7) is 1.66. The highest BCUT2D eigenvalue weighted by Crippen LogP contribution is 2.31. The molecule has 2 aromatic heterocycles. The van der Waals surface area contributed by atoms with Crippen molar-refractivity contribution < 1.29 is 0 Å². The first-order chi connectivity index (χ1) is 9.28. The molecule has 0 bridgehead atoms. The summed E-state index contributed by atoms with van der Waals surface area (Å²) >= 11 is 5.16. The van der Waals surface area contributed by atoms with Gasteiger partial charge < -0.3 is 10.6 Å². The van der Waals surface area contributed by atoms with Gasteiger partial charge in [-0.25, -0.2) is 9.97 Å². The summed E-state index contributed by atoms with van der Waals surface area (Å²) in [6, 6.07) is 6.45. The van der Waals surface area contributed by atoms with Gasteiger partial charge in [-0.15, -0.1) is 11.3 Å². The number of aromatic nitrogens is 2. The van der Waals surface area contributed by atoms with E-state index in [2.05, 4.69) is 36.9 Å². The van der Waals surface area contributed by atoms with Crippen molar-refractivity contribution in [3.63, 3.8) is 0 Å². The van der Waals surface area contributed by atoms with Gasteiger partial charge in [0.15, 0.2) is 0 Å². The van der Waals surface area contributed by atoms with Crippen LogP contribution >= 0.6 is 27.3 Å². The van der Waals surface area contributed by atoms with Crippen molar-refractivity contribution in [3.05, 3.63) is 28.2 Å². The Labute approximate surface area is 124 Å². The minimum Gasteiger partial charge on any atom is -0.337 e. The molecule has 4 nitrogen and oxygen atoms in total. The zero-order chi connectivity index (χ0) is 13.2. The molecule has 0 aliphatic carbocycles. The summed E-state index contributed by atoms with van der Waals surface area (Å²) in [5.41, 5.74) is 6.79. The second kappa shape index (κ2) is 5.56. The molecule has 0 aromatic carbocycles. The summed E-state index contributed by atoms with van der Waals surface area (Å²) in [5.74, 6) is 0.801. The highest BCUT2D eigenvalue weighted by atomic mass is 79.9. The van der Waals surface area contributed by atoms with E-state index in [0.29, 0.717) is 12.6 Å². The Morgan fingerprint density at radius 3 is 3.05 bits per heavy atom. The lowest BCUT2D eigenvalue weighted by atomic mass is 10.2. The zero-order valence-corrected chi connectivity index (χ0v) is 12.8. The number of rotatable bonds is 3. The highest BCUT2D eigenvalue weighted by Gasteiger charge is 2.25. The Morgan fingerprint density at radius 2 is 2.32 bits per heavy atom. The van der Waals surface area contributed by atoms with Crippen LogP contribution in [0.2, 0.25) is 0 Å². The maximum Gasteiger partial charge on any atom is 0.226 e. The molecule has 3 heterocycles. The molecule has 2 aromatic rings. The highest BCUT2D eigenvalue weighted by molar-refractivity contribution is 9.11. The van der Waals surface area contributed by atoms with Gasteiger partial charge >= 0.3 is 0 Å². The average molecular weight is 339 g/mol. The number of hydrogen-bond acceptors (Lipinski definition) is 5. The molecule has 1 saturated heterocycles. The molecule has 3 rings (SSSR count). The van der Waals surface area contributed by atoms with Crippen molar-refractivity contribution in [2.45, 2.75) is 18.9 Å². The Morgan fingerprint density at radius 1 is 1.42 bits per heavy atom. The summed E-state index contributed by atoms with van der Waals surface area (Å²) in [7, 11) is 0. The molecule has 1 aliphatic rings. The van der Waals surface area contributed by atoms with E-state index in [1.54, 1.807) is 11.3 Å². The Hall–Kier alpha value is -0.980. The van der Waals surface area contributed by atoms with Crippen LogP contribution in [0.25, 0.3) is 10.6 Å². The molecule has 100 valence electrons. The van der Waals surface area contributed by atoms with E-state index in [-0.39, 0.29) is 0 Å². The van der Waals surface area contributed by atoms with Gasteiger partial charge in [-0.05, 0) is 47.0 Å². The molecular formula is C13H15BrN4S. The van der Waals surface area contributed by atoms with E-state index in [9.17, 15) is 0 Å². The van der Waals surface area contributed by atoms with E-state index in [4.69, 9.17) is 5.73 Å². The fourth-order valence-corrected chi connectivity index (χ4v) is 3.78. The van der Waals surface area contributed by atoms with Gasteiger partial charge in [0.25, 0.3) is 0 Å². The molecule has 0 radical (unpaired) electrons. The first-order valence-electron chi connectivity index (χ1n) is 6.33. The quantitative estimate of drug-likeness (QED) is 0.934. The molecule has 0 amide bonds. The number of nitrogens with two attached hydrogens (primary N) is 1. The predicted octanol–water partition coefficient (Wildman–Crippen LogP) is 2.90. The molecule has 0 spiro atoms. The van der Waals surface area contributed by atoms with E-state index in [0.717, 1.165) is 33.3 Å². The van der Waals surface area contributed by atoms with Gasteiger partial charge in [-0.1, -0.05) is 0 Å². The van der Waals surface area contributed by atoms with Crippen molar-refractivity contribution in [3.8, 4) is 10.6 Å². The lowest BCUT2D eigenvalue weighted by Gasteiger charge is -2.23. The SMILES string of the molecule is NCC1CCCN1c1nccc(-c2ccc(Br)s2)n1. The maximum absolute atomic E-state index is 5.81. The smallest absolute Gasteiger partial charge is 0.226 e. The van der Waals surface area contributed by atoms with Crippen LogP contribution in [-0.2, 0) is 0 Å². The second-order valence-corrected chi connectivity index (χ2v) is 7.03. The lowest BCUT2D eigenvalue weighted by molar-refractivity contribution is 0.664. The number of halogens is 1. The third-order valence-electron chi connectivity index (χ3n) is 3.37. The number of nitrogens with zero attached hydrogens (tertiary/aromatic N) is 3. The topological polar surface area (TPSA) is 55.0 Å². The third-order valence-corrected chi connectivity index (χ3v) is 5.02. The van der Waals surface area contributed by atoms with E-state index in [1.807, 2.05) is 18.3 Å². The number of hydrogen-bond donors (Lipinski definition) is 1. The second-order valence-electron chi connectivity index (χ2n) is 4.57. The van der Waals surface area contributed by atoms with Crippen molar-refractivity contribution in [1.29, 1.82) is 0 Å². The van der Waals surface area contributed by atoms with Crippen LogP contribution < -0.4 is 10.6 Å². The van der Waals surface area contributed by atoms with Crippen LogP contribution in [0.1, 0.15) is 12.8 Å². The van der Waals surface area contributed by atoms with Crippen molar-refractivity contribution in [1.82, 2.24) is 9.97 Å². The largest absolute Gasteiger partial charge is 0.337 e. The fourth-order valence-electron chi connectivity index (χ4n) is 2.42. The first kappa shape index (κ1) is 13.0. The van der Waals surface area contributed by atoms with Crippen molar-refractivity contribution in [2.24, 2.45) is 5.73 Å². The zero-order valence-electron chi connectivity index (χ0n) is 10.4. The van der Waals surface area contributed by atoms with Gasteiger partial charge in [-0.2, -0.15) is 0 Å². The van der Waals surface area contributed by atoms with E-state index >= 15 is 0 Å². The van der Waals surface area contributed by atoms with Crippen LogP contribution in [0.3, 0.4) is 0 Å². The van der Waals surface area contributed by atoms with E-state index in [1.165, 1.54) is 6.42 Å². The van der Waals surface area contributed by atoms with Gasteiger partial charge in [0.1, 0.15) is 0 Å². The number of thiophene rings is 1. The van der Waals surface area contributed by atoms with Crippen LogP contribution in [0, 0.1) is 0 Å². The van der Waals surface area contributed by atoms with Gasteiger partial charge in [-0.3, -0.25) is 0 Å². The molecule has 1 fully saturated rings. The molecule has 1 atom stereocenters. The molecule has 2 N–H and O–H groups in total. The average Bonchev–Trinajstić information content (AvgIpc) is 3.07. The minimum absolute atomic E-state index is 0.380. The van der Waals surface area contributed by atoms with Crippen LogP contribution in [0.4, 0.5) is 5.95 Å². The van der Waals surface area contributed by atoms with Crippen LogP contribution in [0.5, 0.6) is 0 Å². The van der Waals surface area contributed by atoms with Crippen molar-refractivity contribution >= 4 is 33.2 Å². The normalized spacial score (nSPS) is 19.1. The van der Waals surface area contributed by atoms with Crippen LogP contribution in [-0.4, -0.2) is 29.1 Å². The Balaban J connectivity index is 1.91. The van der Waals surface area contributed by atoms with Crippen molar-refractivity contribution in [2.75, 3.05) is 18.0 Å². The predicted molar refractivity (Wildman–Crippen MR) is 82.5 cm³/mol. The van der Waals surface area contributed by atoms with Gasteiger partial charge in [0.2, 0.25) is 5.95 Å². The van der Waals surface area contributed by atoms with Gasteiger partial charge in [0.05, 0.1) is 14.4 Å². The maximum atomic E-state index is 5.81. The lowest BCUT2D eigenvalue weighted by Crippen LogP contribution is -2.36. The summed E-state index contributed by atoms with van der Waals surface area (Å²) in [6.07, 6.45) is 4.13. The standard InChI is InChI=1S/C13H15BrN4S/c14-12-4-3-11(19-12)10-5-6-16-13(17-10)18-7-1-2-9(18)8-15/h3-6,9H,1-2,7-8,15H2. The fraction of sp³-hybridized carbons (Fsp3) is 0.385. The monoisotopic (exact) mass is 338 g/mol.